The summed E-state index contributed by atoms with van der Waals surface area (Å²) in [6.45, 7) is 14.7. The van der Waals surface area contributed by atoms with E-state index in [1.165, 1.54) is 6.39 Å². The van der Waals surface area contributed by atoms with Crippen LogP contribution in [0.1, 0.15) is 70.7 Å². The van der Waals surface area contributed by atoms with Crippen molar-refractivity contribution in [3.8, 4) is 5.75 Å². The van der Waals surface area contributed by atoms with Gasteiger partial charge in [-0.3, -0.25) is 0 Å². The van der Waals surface area contributed by atoms with Crippen LogP contribution in [0.2, 0.25) is 0 Å². The third-order valence-corrected chi connectivity index (χ3v) is 4.80. The molecule has 1 N–H and O–H groups in total. The van der Waals surface area contributed by atoms with Gasteiger partial charge < -0.3 is 9.52 Å². The fourth-order valence-electron chi connectivity index (χ4n) is 2.43. The van der Waals surface area contributed by atoms with Gasteiger partial charge in [-0.05, 0) is 29.9 Å². The maximum absolute atomic E-state index is 10.8. The van der Waals surface area contributed by atoms with Crippen LogP contribution in [-0.4, -0.2) is 15.3 Å². The van der Waals surface area contributed by atoms with E-state index in [1.807, 2.05) is 6.92 Å². The first-order chi connectivity index (χ1) is 10.5. The molecule has 0 saturated carbocycles. The summed E-state index contributed by atoms with van der Waals surface area (Å²) in [5, 5.41) is 18.5. The van der Waals surface area contributed by atoms with E-state index in [9.17, 15) is 5.11 Å². The van der Waals surface area contributed by atoms with Gasteiger partial charge in [-0.1, -0.05) is 41.5 Å². The number of hydrogen-bond acceptors (Lipinski definition) is 5. The van der Waals surface area contributed by atoms with Crippen LogP contribution in [0.15, 0.2) is 27.8 Å². The number of phenolic OH excluding ortho intramolecular Hbond substituents is 1. The van der Waals surface area contributed by atoms with Crippen LogP contribution in [0.3, 0.4) is 0 Å². The monoisotopic (exact) mass is 334 g/mol. The molecule has 0 aliphatic heterocycles. The molecule has 0 saturated heterocycles. The fourth-order valence-corrected chi connectivity index (χ4v) is 3.42. The van der Waals surface area contributed by atoms with Crippen molar-refractivity contribution in [2.24, 2.45) is 0 Å². The first-order valence-electron chi connectivity index (χ1n) is 7.81. The molecule has 1 heterocycles. The van der Waals surface area contributed by atoms with Crippen LogP contribution >= 0.6 is 11.8 Å². The Labute approximate surface area is 142 Å². The molecule has 0 amide bonds. The first kappa shape index (κ1) is 17.9. The summed E-state index contributed by atoms with van der Waals surface area (Å²) in [5.41, 5.74) is 1.67. The Morgan fingerprint density at radius 2 is 1.57 bits per heavy atom. The molecule has 0 radical (unpaired) electrons. The SMILES string of the molecule is CC(Sc1cc(C(C)(C)C)c(O)c(C(C)(C)C)c1)c1nnco1. The molecule has 2 aromatic rings. The molecule has 0 aliphatic carbocycles. The average molecular weight is 334 g/mol. The summed E-state index contributed by atoms with van der Waals surface area (Å²) in [4.78, 5) is 1.10. The highest BCUT2D eigenvalue weighted by atomic mass is 32.2. The van der Waals surface area contributed by atoms with Gasteiger partial charge in [0.05, 0.1) is 5.25 Å². The summed E-state index contributed by atoms with van der Waals surface area (Å²) in [6.07, 6.45) is 1.35. The second-order valence-electron chi connectivity index (χ2n) is 7.90. The van der Waals surface area contributed by atoms with Crippen molar-refractivity contribution in [1.29, 1.82) is 0 Å². The predicted molar refractivity (Wildman–Crippen MR) is 94.1 cm³/mol. The Bertz CT molecular complexity index is 632. The smallest absolute Gasteiger partial charge is 0.229 e. The van der Waals surface area contributed by atoms with Gasteiger partial charge in [0.2, 0.25) is 12.3 Å². The summed E-state index contributed by atoms with van der Waals surface area (Å²) in [7, 11) is 0. The average Bonchev–Trinajstić information content (AvgIpc) is 2.91. The van der Waals surface area contributed by atoms with Crippen molar-refractivity contribution < 1.29 is 9.52 Å². The summed E-state index contributed by atoms with van der Waals surface area (Å²) < 4.78 is 5.29. The van der Waals surface area contributed by atoms with Gasteiger partial charge in [-0.25, -0.2) is 0 Å². The molecule has 1 unspecified atom stereocenters. The molecule has 23 heavy (non-hydrogen) atoms. The number of aromatic nitrogens is 2. The maximum Gasteiger partial charge on any atom is 0.229 e. The van der Waals surface area contributed by atoms with Crippen molar-refractivity contribution in [3.63, 3.8) is 0 Å². The maximum atomic E-state index is 10.8. The van der Waals surface area contributed by atoms with E-state index in [4.69, 9.17) is 4.42 Å². The number of hydrogen-bond donors (Lipinski definition) is 1. The van der Waals surface area contributed by atoms with Gasteiger partial charge in [0.1, 0.15) is 5.75 Å². The lowest BCUT2D eigenvalue weighted by atomic mass is 9.79. The Hall–Kier alpha value is -1.49. The Kier molecular flexibility index (Phi) is 4.81. The van der Waals surface area contributed by atoms with Gasteiger partial charge in [-0.2, -0.15) is 0 Å². The molecule has 1 aromatic carbocycles. The highest BCUT2D eigenvalue weighted by Gasteiger charge is 2.27. The third-order valence-electron chi connectivity index (χ3n) is 3.74. The molecule has 126 valence electrons. The van der Waals surface area contributed by atoms with E-state index in [2.05, 4.69) is 63.9 Å². The first-order valence-corrected chi connectivity index (χ1v) is 8.69. The summed E-state index contributed by atoms with van der Waals surface area (Å²) >= 11 is 1.66. The van der Waals surface area contributed by atoms with Crippen LogP contribution in [-0.2, 0) is 10.8 Å². The van der Waals surface area contributed by atoms with E-state index in [1.54, 1.807) is 11.8 Å². The lowest BCUT2D eigenvalue weighted by molar-refractivity contribution is 0.422. The number of benzene rings is 1. The standard InChI is InChI=1S/C18H26N2O2S/c1-11(16-20-19-10-22-16)23-12-8-13(17(2,3)4)15(21)14(9-12)18(5,6)7/h8-11,21H,1-7H3. The highest BCUT2D eigenvalue weighted by molar-refractivity contribution is 7.99. The Morgan fingerprint density at radius 1 is 1.04 bits per heavy atom. The summed E-state index contributed by atoms with van der Waals surface area (Å²) in [5.74, 6) is 1.01. The van der Waals surface area contributed by atoms with E-state index >= 15 is 0 Å². The van der Waals surface area contributed by atoms with E-state index in [0.717, 1.165) is 16.0 Å². The lowest BCUT2D eigenvalue weighted by Crippen LogP contribution is -2.17. The zero-order valence-electron chi connectivity index (χ0n) is 15.0. The van der Waals surface area contributed by atoms with E-state index in [-0.39, 0.29) is 16.1 Å². The minimum Gasteiger partial charge on any atom is -0.507 e. The molecule has 0 aliphatic rings. The van der Waals surface area contributed by atoms with Crippen molar-refractivity contribution in [2.75, 3.05) is 0 Å². The number of aromatic hydroxyl groups is 1. The quantitative estimate of drug-likeness (QED) is 0.779. The zero-order valence-corrected chi connectivity index (χ0v) is 15.8. The normalized spacial score (nSPS) is 14.0. The molecule has 1 aromatic heterocycles. The third kappa shape index (κ3) is 4.08. The number of rotatable bonds is 3. The molecule has 0 spiro atoms. The van der Waals surface area contributed by atoms with Gasteiger partial charge >= 0.3 is 0 Å². The zero-order chi connectivity index (χ0) is 17.4. The largest absolute Gasteiger partial charge is 0.507 e. The number of thioether (sulfide) groups is 1. The van der Waals surface area contributed by atoms with Crippen LogP contribution < -0.4 is 0 Å². The minimum atomic E-state index is -0.131. The second-order valence-corrected chi connectivity index (χ2v) is 9.32. The van der Waals surface area contributed by atoms with Crippen molar-refractivity contribution >= 4 is 11.8 Å². The molecular weight excluding hydrogens is 308 g/mol. The fraction of sp³-hybridized carbons (Fsp3) is 0.556. The molecule has 4 nitrogen and oxygen atoms in total. The predicted octanol–water partition coefficient (Wildman–Crippen LogP) is 5.22. The molecule has 0 bridgehead atoms. The topological polar surface area (TPSA) is 59.2 Å². The molecular formula is C18H26N2O2S. The van der Waals surface area contributed by atoms with Gasteiger partial charge in [-0.15, -0.1) is 22.0 Å². The Balaban J connectivity index is 2.48. The van der Waals surface area contributed by atoms with Gasteiger partial charge in [0.15, 0.2) is 0 Å². The van der Waals surface area contributed by atoms with Crippen LogP contribution in [0.4, 0.5) is 0 Å². The minimum absolute atomic E-state index is 0.0580. The molecule has 2 rings (SSSR count). The molecule has 0 fully saturated rings. The van der Waals surface area contributed by atoms with Gasteiger partial charge in [0, 0.05) is 16.0 Å². The molecule has 5 heteroatoms. The Morgan fingerprint density at radius 3 is 1.96 bits per heavy atom. The highest BCUT2D eigenvalue weighted by Crippen LogP contribution is 2.44. The van der Waals surface area contributed by atoms with Crippen molar-refractivity contribution in [2.45, 2.75) is 69.4 Å². The molecule has 1 atom stereocenters. The van der Waals surface area contributed by atoms with E-state index in [0.29, 0.717) is 11.6 Å². The van der Waals surface area contributed by atoms with E-state index < -0.39 is 0 Å². The van der Waals surface area contributed by atoms with Crippen LogP contribution in [0, 0.1) is 0 Å². The number of nitrogens with zero attached hydrogens (tertiary/aromatic N) is 2. The van der Waals surface area contributed by atoms with Crippen molar-refractivity contribution in [3.05, 3.63) is 35.5 Å². The van der Waals surface area contributed by atoms with Crippen molar-refractivity contribution in [1.82, 2.24) is 10.2 Å². The summed E-state index contributed by atoms with van der Waals surface area (Å²) in [6, 6.07) is 4.14. The lowest BCUT2D eigenvalue weighted by Gasteiger charge is -2.28. The van der Waals surface area contributed by atoms with Crippen LogP contribution in [0.5, 0.6) is 5.75 Å². The van der Waals surface area contributed by atoms with Gasteiger partial charge in [0.25, 0.3) is 0 Å². The second kappa shape index (κ2) is 6.19. The number of phenols is 1. The van der Waals surface area contributed by atoms with Crippen LogP contribution in [0.25, 0.3) is 0 Å².